The van der Waals surface area contributed by atoms with E-state index in [1.54, 1.807) is 11.0 Å². The van der Waals surface area contributed by atoms with Crippen LogP contribution in [0.1, 0.15) is 62.1 Å². The summed E-state index contributed by atoms with van der Waals surface area (Å²) in [7, 11) is 0. The average Bonchev–Trinajstić information content (AvgIpc) is 2.76. The first-order valence-corrected chi connectivity index (χ1v) is 11.7. The van der Waals surface area contributed by atoms with Gasteiger partial charge in [-0.05, 0) is 43.4 Å². The second-order valence-electron chi connectivity index (χ2n) is 8.55. The highest BCUT2D eigenvalue weighted by molar-refractivity contribution is 6.31. The van der Waals surface area contributed by atoms with Crippen molar-refractivity contribution < 1.29 is 9.59 Å². The lowest BCUT2D eigenvalue weighted by Crippen LogP contribution is -2.52. The number of benzene rings is 2. The van der Waals surface area contributed by atoms with Gasteiger partial charge < -0.3 is 10.2 Å². The monoisotopic (exact) mass is 440 g/mol. The van der Waals surface area contributed by atoms with Crippen molar-refractivity contribution in [1.29, 1.82) is 0 Å². The molecule has 1 fully saturated rings. The Kier molecular flexibility index (Phi) is 8.53. The van der Waals surface area contributed by atoms with E-state index in [2.05, 4.69) is 11.4 Å². The van der Waals surface area contributed by atoms with Crippen LogP contribution in [0.5, 0.6) is 0 Å². The van der Waals surface area contributed by atoms with E-state index in [4.69, 9.17) is 11.6 Å². The van der Waals surface area contributed by atoms with Crippen LogP contribution >= 0.6 is 11.6 Å². The molecule has 0 spiro atoms. The highest BCUT2D eigenvalue weighted by Crippen LogP contribution is 2.21. The van der Waals surface area contributed by atoms with Crippen LogP contribution in [0.4, 0.5) is 0 Å². The van der Waals surface area contributed by atoms with Crippen LogP contribution in [-0.4, -0.2) is 28.8 Å². The van der Waals surface area contributed by atoms with Crippen LogP contribution in [0.3, 0.4) is 0 Å². The van der Waals surface area contributed by atoms with Gasteiger partial charge in [0.2, 0.25) is 11.8 Å². The number of rotatable bonds is 8. The Morgan fingerprint density at radius 1 is 1.10 bits per heavy atom. The fourth-order valence-electron chi connectivity index (χ4n) is 4.38. The lowest BCUT2D eigenvalue weighted by molar-refractivity contribution is -0.141. The highest BCUT2D eigenvalue weighted by atomic mass is 35.5. The molecule has 1 N–H and O–H groups in total. The van der Waals surface area contributed by atoms with Gasteiger partial charge in [0.15, 0.2) is 0 Å². The van der Waals surface area contributed by atoms with Crippen LogP contribution < -0.4 is 5.32 Å². The highest BCUT2D eigenvalue weighted by Gasteiger charge is 2.30. The predicted molar refractivity (Wildman–Crippen MR) is 126 cm³/mol. The molecule has 1 aliphatic rings. The van der Waals surface area contributed by atoms with E-state index < -0.39 is 6.04 Å². The van der Waals surface area contributed by atoms with Gasteiger partial charge in [-0.1, -0.05) is 85.8 Å². The third-order valence-electron chi connectivity index (χ3n) is 6.07. The van der Waals surface area contributed by atoms with E-state index in [1.165, 1.54) is 6.42 Å². The van der Waals surface area contributed by atoms with Gasteiger partial charge in [-0.15, -0.1) is 0 Å². The molecule has 4 nitrogen and oxygen atoms in total. The molecule has 2 aromatic carbocycles. The lowest BCUT2D eigenvalue weighted by atomic mass is 9.95. The number of hydrogen-bond donors (Lipinski definition) is 1. The average molecular weight is 441 g/mol. The zero-order chi connectivity index (χ0) is 22.2. The summed E-state index contributed by atoms with van der Waals surface area (Å²) in [5.41, 5.74) is 2.94. The third kappa shape index (κ3) is 6.57. The van der Waals surface area contributed by atoms with Crippen LogP contribution in [-0.2, 0) is 22.6 Å². The summed E-state index contributed by atoms with van der Waals surface area (Å²) in [6.45, 7) is 4.41. The molecule has 0 aliphatic heterocycles. The van der Waals surface area contributed by atoms with E-state index in [9.17, 15) is 9.59 Å². The summed E-state index contributed by atoms with van der Waals surface area (Å²) < 4.78 is 0. The predicted octanol–water partition coefficient (Wildman–Crippen LogP) is 5.45. The second-order valence-corrected chi connectivity index (χ2v) is 8.95. The molecule has 2 amide bonds. The molecule has 166 valence electrons. The Morgan fingerprint density at radius 3 is 2.52 bits per heavy atom. The molecule has 0 radical (unpaired) electrons. The summed E-state index contributed by atoms with van der Waals surface area (Å²) in [6, 6.07) is 15.2. The number of amides is 2. The molecule has 5 heteroatoms. The van der Waals surface area contributed by atoms with Crippen molar-refractivity contribution in [3.63, 3.8) is 0 Å². The Morgan fingerprint density at radius 2 is 1.84 bits per heavy atom. The number of carbonyl (C=O) groups excluding carboxylic acids is 2. The number of halogens is 1. The normalized spacial score (nSPS) is 15.3. The third-order valence-corrected chi connectivity index (χ3v) is 6.44. The Balaban J connectivity index is 1.82. The molecule has 3 rings (SSSR count). The number of hydrogen-bond acceptors (Lipinski definition) is 2. The van der Waals surface area contributed by atoms with E-state index in [0.29, 0.717) is 18.0 Å². The molecule has 31 heavy (non-hydrogen) atoms. The Bertz CT molecular complexity index is 892. The summed E-state index contributed by atoms with van der Waals surface area (Å²) >= 11 is 6.31. The van der Waals surface area contributed by atoms with Crippen molar-refractivity contribution in [1.82, 2.24) is 10.2 Å². The van der Waals surface area contributed by atoms with Gasteiger partial charge in [-0.25, -0.2) is 0 Å². The molecule has 2 aromatic rings. The molecule has 0 aromatic heterocycles. The topological polar surface area (TPSA) is 49.4 Å². The van der Waals surface area contributed by atoms with Gasteiger partial charge in [-0.3, -0.25) is 9.59 Å². The minimum absolute atomic E-state index is 0.0467. The summed E-state index contributed by atoms with van der Waals surface area (Å²) in [5.74, 6) is -0.130. The van der Waals surface area contributed by atoms with Gasteiger partial charge in [0, 0.05) is 17.6 Å². The fraction of sp³-hybridized carbons (Fsp3) is 0.462. The van der Waals surface area contributed by atoms with Crippen molar-refractivity contribution in [2.45, 2.75) is 77.4 Å². The van der Waals surface area contributed by atoms with Gasteiger partial charge >= 0.3 is 0 Å². The number of nitrogens with zero attached hydrogens (tertiary/aromatic N) is 1. The maximum atomic E-state index is 13.4. The summed E-state index contributed by atoms with van der Waals surface area (Å²) in [4.78, 5) is 28.4. The van der Waals surface area contributed by atoms with Crippen molar-refractivity contribution in [3.8, 4) is 0 Å². The number of aryl methyl sites for hydroxylation is 1. The maximum Gasteiger partial charge on any atom is 0.243 e. The van der Waals surface area contributed by atoms with Gasteiger partial charge in [-0.2, -0.15) is 0 Å². The second kappa shape index (κ2) is 11.3. The molecule has 0 heterocycles. The minimum atomic E-state index is -0.502. The first-order valence-electron chi connectivity index (χ1n) is 11.4. The first kappa shape index (κ1) is 23.3. The van der Waals surface area contributed by atoms with Crippen molar-refractivity contribution >= 4 is 23.4 Å². The molecule has 0 saturated heterocycles. The largest absolute Gasteiger partial charge is 0.352 e. The fourth-order valence-corrected chi connectivity index (χ4v) is 4.58. The number of carbonyl (C=O) groups is 2. The van der Waals surface area contributed by atoms with Crippen molar-refractivity contribution in [3.05, 3.63) is 70.2 Å². The molecular formula is C26H33ClN2O2. The van der Waals surface area contributed by atoms with Gasteiger partial charge in [0.25, 0.3) is 0 Å². The zero-order valence-electron chi connectivity index (χ0n) is 18.6. The van der Waals surface area contributed by atoms with Crippen LogP contribution in [0.25, 0.3) is 0 Å². The molecule has 1 atom stereocenters. The van der Waals surface area contributed by atoms with Crippen LogP contribution in [0.2, 0.25) is 5.02 Å². The SMILES string of the molecule is CC[C@@H](C(=O)NC1CCCCC1)N(Cc1cccc(C)c1)C(=O)Cc1ccccc1Cl. The van der Waals surface area contributed by atoms with E-state index in [1.807, 2.05) is 50.2 Å². The Labute approximate surface area is 191 Å². The maximum absolute atomic E-state index is 13.4. The Hall–Kier alpha value is -2.33. The summed E-state index contributed by atoms with van der Waals surface area (Å²) in [5, 5.41) is 3.79. The van der Waals surface area contributed by atoms with Crippen molar-refractivity contribution in [2.24, 2.45) is 0 Å². The lowest BCUT2D eigenvalue weighted by Gasteiger charge is -2.33. The van der Waals surface area contributed by atoms with E-state index in [0.717, 1.165) is 42.4 Å². The summed E-state index contributed by atoms with van der Waals surface area (Å²) in [6.07, 6.45) is 6.33. The molecule has 0 bridgehead atoms. The minimum Gasteiger partial charge on any atom is -0.352 e. The first-order chi connectivity index (χ1) is 15.0. The smallest absolute Gasteiger partial charge is 0.243 e. The van der Waals surface area contributed by atoms with Crippen molar-refractivity contribution in [2.75, 3.05) is 0 Å². The molecule has 1 saturated carbocycles. The quantitative estimate of drug-likeness (QED) is 0.593. The standard InChI is InChI=1S/C26H33ClN2O2/c1-3-24(26(31)28-22-13-5-4-6-14-22)29(18-20-11-9-10-19(2)16-20)25(30)17-21-12-7-8-15-23(21)27/h7-12,15-16,22,24H,3-6,13-14,17-18H2,1-2H3,(H,28,31)/t24-/m0/s1. The molecular weight excluding hydrogens is 408 g/mol. The van der Waals surface area contributed by atoms with E-state index >= 15 is 0 Å². The molecule has 0 unspecified atom stereocenters. The van der Waals surface area contributed by atoms with Crippen LogP contribution in [0.15, 0.2) is 48.5 Å². The van der Waals surface area contributed by atoms with Crippen LogP contribution in [0, 0.1) is 6.92 Å². The van der Waals surface area contributed by atoms with E-state index in [-0.39, 0.29) is 24.3 Å². The van der Waals surface area contributed by atoms with Gasteiger partial charge in [0.05, 0.1) is 6.42 Å². The number of nitrogens with one attached hydrogen (secondary N) is 1. The van der Waals surface area contributed by atoms with Gasteiger partial charge in [0.1, 0.15) is 6.04 Å². The molecule has 1 aliphatic carbocycles. The zero-order valence-corrected chi connectivity index (χ0v) is 19.3.